The maximum Gasteiger partial charge on any atom is 0.0601 e. The van der Waals surface area contributed by atoms with E-state index in [-0.39, 0.29) is 0 Å². The van der Waals surface area contributed by atoms with Crippen molar-refractivity contribution in [3.8, 4) is 0 Å². The van der Waals surface area contributed by atoms with Crippen LogP contribution in [0.15, 0.2) is 0 Å². The lowest BCUT2D eigenvalue weighted by Gasteiger charge is -2.41. The Balaban J connectivity index is 1.74. The van der Waals surface area contributed by atoms with Gasteiger partial charge in [0.25, 0.3) is 0 Å². The Morgan fingerprint density at radius 2 is 1.62 bits per heavy atom. The van der Waals surface area contributed by atoms with Gasteiger partial charge in [-0.3, -0.25) is 0 Å². The lowest BCUT2D eigenvalue weighted by molar-refractivity contribution is -0.0261. The molecule has 0 radical (unpaired) electrons. The number of rotatable bonds is 2. The second kappa shape index (κ2) is 4.43. The molecule has 0 amide bonds. The minimum Gasteiger partial charge on any atom is -0.381 e. The highest BCUT2D eigenvalue weighted by molar-refractivity contribution is 4.88. The number of hydrogen-bond donors (Lipinski definition) is 0. The van der Waals surface area contributed by atoms with Gasteiger partial charge in [-0.25, -0.2) is 0 Å². The van der Waals surface area contributed by atoms with Gasteiger partial charge in [-0.15, -0.1) is 0 Å². The predicted molar refractivity (Wildman–Crippen MR) is 53.9 cm³/mol. The Morgan fingerprint density at radius 3 is 2.15 bits per heavy atom. The van der Waals surface area contributed by atoms with Crippen molar-refractivity contribution in [3.05, 3.63) is 0 Å². The van der Waals surface area contributed by atoms with E-state index in [1.807, 2.05) is 7.11 Å². The summed E-state index contributed by atoms with van der Waals surface area (Å²) in [6.45, 7) is 2.67. The summed E-state index contributed by atoms with van der Waals surface area (Å²) in [5, 5.41) is 0. The Bertz CT molecular complexity index is 146. The normalized spacial score (nSPS) is 36.7. The van der Waals surface area contributed by atoms with Gasteiger partial charge in [-0.2, -0.15) is 0 Å². The molecule has 1 aliphatic heterocycles. The quantitative estimate of drug-likeness (QED) is 0.649. The molecule has 76 valence electrons. The molecule has 0 N–H and O–H groups in total. The molecule has 0 atom stereocenters. The summed E-state index contributed by atoms with van der Waals surface area (Å²) in [4.78, 5) is 2.68. The Morgan fingerprint density at radius 1 is 1.00 bits per heavy atom. The van der Waals surface area contributed by atoms with E-state index in [4.69, 9.17) is 4.74 Å². The third-order valence-corrected chi connectivity index (χ3v) is 3.56. The molecule has 2 rings (SSSR count). The Labute approximate surface area is 81.3 Å². The first-order chi connectivity index (χ1) is 6.40. The van der Waals surface area contributed by atoms with Gasteiger partial charge < -0.3 is 9.64 Å². The van der Waals surface area contributed by atoms with Crippen LogP contribution in [0.2, 0.25) is 0 Å². The molecule has 0 aromatic carbocycles. The van der Waals surface area contributed by atoms with E-state index >= 15 is 0 Å². The minimum atomic E-state index is 0.563. The molecule has 1 saturated carbocycles. The molecule has 0 bridgehead atoms. The summed E-state index contributed by atoms with van der Waals surface area (Å²) in [6, 6.07) is 0.850. The average Bonchev–Trinajstić information content (AvgIpc) is 2.31. The monoisotopic (exact) mass is 183 g/mol. The summed E-state index contributed by atoms with van der Waals surface area (Å²) < 4.78 is 5.31. The topological polar surface area (TPSA) is 12.5 Å². The van der Waals surface area contributed by atoms with Crippen molar-refractivity contribution in [2.24, 2.45) is 0 Å². The van der Waals surface area contributed by atoms with Gasteiger partial charge in [0.1, 0.15) is 0 Å². The third-order valence-electron chi connectivity index (χ3n) is 3.56. The predicted octanol–water partition coefficient (Wildman–Crippen LogP) is 2.04. The molecule has 2 nitrogen and oxygen atoms in total. The number of likely N-dealkylation sites (tertiary alicyclic amines) is 1. The van der Waals surface area contributed by atoms with E-state index in [9.17, 15) is 0 Å². The fraction of sp³-hybridized carbons (Fsp3) is 1.00. The van der Waals surface area contributed by atoms with Crippen LogP contribution in [0.5, 0.6) is 0 Å². The van der Waals surface area contributed by atoms with Crippen LogP contribution in [0.1, 0.15) is 38.5 Å². The summed E-state index contributed by atoms with van der Waals surface area (Å²) in [5.74, 6) is 0. The molecular formula is C11H21NO. The summed E-state index contributed by atoms with van der Waals surface area (Å²) in [6.07, 6.45) is 8.82. The van der Waals surface area contributed by atoms with E-state index in [0.29, 0.717) is 6.10 Å². The van der Waals surface area contributed by atoms with Gasteiger partial charge in [0, 0.05) is 13.2 Å². The van der Waals surface area contributed by atoms with Crippen LogP contribution in [0.3, 0.4) is 0 Å². The standard InChI is InChI=1S/C11H21NO/c1-13-11-8-10(9-11)12-6-4-2-3-5-7-12/h10-11H,2-9H2,1H3. The van der Waals surface area contributed by atoms with Crippen LogP contribution in [0.25, 0.3) is 0 Å². The van der Waals surface area contributed by atoms with E-state index in [1.54, 1.807) is 0 Å². The zero-order valence-corrected chi connectivity index (χ0v) is 8.67. The first kappa shape index (κ1) is 9.47. The van der Waals surface area contributed by atoms with Gasteiger partial charge in [-0.1, -0.05) is 12.8 Å². The second-order valence-electron chi connectivity index (χ2n) is 4.43. The van der Waals surface area contributed by atoms with Crippen molar-refractivity contribution in [2.45, 2.75) is 50.7 Å². The van der Waals surface area contributed by atoms with Crippen LogP contribution >= 0.6 is 0 Å². The van der Waals surface area contributed by atoms with Crippen molar-refractivity contribution in [1.29, 1.82) is 0 Å². The molecule has 1 saturated heterocycles. The average molecular weight is 183 g/mol. The number of ether oxygens (including phenoxy) is 1. The van der Waals surface area contributed by atoms with Crippen LogP contribution in [0, 0.1) is 0 Å². The van der Waals surface area contributed by atoms with Crippen LogP contribution in [-0.4, -0.2) is 37.2 Å². The van der Waals surface area contributed by atoms with Gasteiger partial charge in [0.15, 0.2) is 0 Å². The van der Waals surface area contributed by atoms with Gasteiger partial charge in [-0.05, 0) is 38.8 Å². The minimum absolute atomic E-state index is 0.563. The van der Waals surface area contributed by atoms with Crippen molar-refractivity contribution >= 4 is 0 Å². The zero-order chi connectivity index (χ0) is 9.10. The molecule has 2 heteroatoms. The molecule has 1 aliphatic carbocycles. The molecule has 0 aromatic heterocycles. The molecule has 0 spiro atoms. The van der Waals surface area contributed by atoms with Crippen molar-refractivity contribution in [2.75, 3.05) is 20.2 Å². The first-order valence-corrected chi connectivity index (χ1v) is 5.67. The SMILES string of the molecule is COC1CC(N2CCCCCC2)C1. The highest BCUT2D eigenvalue weighted by Crippen LogP contribution is 2.29. The summed E-state index contributed by atoms with van der Waals surface area (Å²) >= 11 is 0. The highest BCUT2D eigenvalue weighted by Gasteiger charge is 2.33. The lowest BCUT2D eigenvalue weighted by Crippen LogP contribution is -2.48. The van der Waals surface area contributed by atoms with Gasteiger partial charge in [0.2, 0.25) is 0 Å². The van der Waals surface area contributed by atoms with Crippen LogP contribution in [0.4, 0.5) is 0 Å². The third kappa shape index (κ3) is 2.23. The number of nitrogens with zero attached hydrogens (tertiary/aromatic N) is 1. The molecule has 0 aromatic rings. The molecule has 2 aliphatic rings. The van der Waals surface area contributed by atoms with Crippen molar-refractivity contribution in [1.82, 2.24) is 4.90 Å². The van der Waals surface area contributed by atoms with Crippen LogP contribution < -0.4 is 0 Å². The largest absolute Gasteiger partial charge is 0.381 e. The highest BCUT2D eigenvalue weighted by atomic mass is 16.5. The van der Waals surface area contributed by atoms with E-state index < -0.39 is 0 Å². The van der Waals surface area contributed by atoms with Crippen molar-refractivity contribution < 1.29 is 4.74 Å². The van der Waals surface area contributed by atoms with Crippen molar-refractivity contribution in [3.63, 3.8) is 0 Å². The van der Waals surface area contributed by atoms with E-state index in [1.165, 1.54) is 51.6 Å². The Kier molecular flexibility index (Phi) is 3.23. The van der Waals surface area contributed by atoms with Crippen LogP contribution in [-0.2, 0) is 4.74 Å². The summed E-state index contributed by atoms with van der Waals surface area (Å²) in [5.41, 5.74) is 0. The Hall–Kier alpha value is -0.0800. The first-order valence-electron chi connectivity index (χ1n) is 5.67. The molecule has 13 heavy (non-hydrogen) atoms. The maximum absolute atomic E-state index is 5.31. The summed E-state index contributed by atoms with van der Waals surface area (Å²) in [7, 11) is 1.84. The van der Waals surface area contributed by atoms with E-state index in [0.717, 1.165) is 6.04 Å². The smallest absolute Gasteiger partial charge is 0.0601 e. The maximum atomic E-state index is 5.31. The second-order valence-corrected chi connectivity index (χ2v) is 4.43. The molecule has 1 heterocycles. The zero-order valence-electron chi connectivity index (χ0n) is 8.67. The fourth-order valence-electron chi connectivity index (χ4n) is 2.49. The molecule has 0 unspecified atom stereocenters. The van der Waals surface area contributed by atoms with Gasteiger partial charge in [0.05, 0.1) is 6.10 Å². The fourth-order valence-corrected chi connectivity index (χ4v) is 2.49. The molecule has 2 fully saturated rings. The van der Waals surface area contributed by atoms with Gasteiger partial charge >= 0.3 is 0 Å². The molecular weight excluding hydrogens is 162 g/mol. The number of hydrogen-bond acceptors (Lipinski definition) is 2. The number of methoxy groups -OCH3 is 1. The lowest BCUT2D eigenvalue weighted by atomic mass is 9.87. The van der Waals surface area contributed by atoms with E-state index in [2.05, 4.69) is 4.90 Å².